The number of benzene rings is 1. The van der Waals surface area contributed by atoms with E-state index in [1.165, 1.54) is 6.07 Å². The average molecular weight is 242 g/mol. The van der Waals surface area contributed by atoms with Gasteiger partial charge in [-0.25, -0.2) is 9.18 Å². The highest BCUT2D eigenvalue weighted by molar-refractivity contribution is 6.17. The summed E-state index contributed by atoms with van der Waals surface area (Å²) in [6.07, 6.45) is 0. The molecule has 1 rings (SSSR count). The molecule has 0 spiro atoms. The molecule has 1 aromatic carbocycles. The number of nitriles is 1. The lowest BCUT2D eigenvalue weighted by Crippen LogP contribution is -2.07. The standard InChI is InChI=1S/C11H9ClFNO2/c1-2-16-11(15)7-3-8(5-12)9(6-14)10(13)4-7/h3-4H,2,5H2,1H3. The molecule has 0 aromatic heterocycles. The van der Waals surface area contributed by atoms with Gasteiger partial charge in [0.15, 0.2) is 0 Å². The van der Waals surface area contributed by atoms with Gasteiger partial charge in [0.2, 0.25) is 0 Å². The zero-order valence-corrected chi connectivity index (χ0v) is 9.34. The van der Waals surface area contributed by atoms with Crippen molar-refractivity contribution in [3.05, 3.63) is 34.6 Å². The normalized spacial score (nSPS) is 9.62. The highest BCUT2D eigenvalue weighted by Crippen LogP contribution is 2.18. The number of hydrogen-bond donors (Lipinski definition) is 0. The van der Waals surface area contributed by atoms with Crippen LogP contribution in [-0.4, -0.2) is 12.6 Å². The van der Waals surface area contributed by atoms with E-state index in [0.29, 0.717) is 0 Å². The molecule has 0 heterocycles. The lowest BCUT2D eigenvalue weighted by Gasteiger charge is -2.06. The summed E-state index contributed by atoms with van der Waals surface area (Å²) in [6, 6.07) is 4.05. The van der Waals surface area contributed by atoms with Gasteiger partial charge >= 0.3 is 5.97 Å². The first kappa shape index (κ1) is 12.5. The third-order valence-electron chi connectivity index (χ3n) is 1.94. The summed E-state index contributed by atoms with van der Waals surface area (Å²) in [7, 11) is 0. The SMILES string of the molecule is CCOC(=O)c1cc(F)c(C#N)c(CCl)c1. The third-order valence-corrected chi connectivity index (χ3v) is 2.23. The monoisotopic (exact) mass is 241 g/mol. The molecule has 5 heteroatoms. The fraction of sp³-hybridized carbons (Fsp3) is 0.273. The van der Waals surface area contributed by atoms with E-state index in [9.17, 15) is 9.18 Å². The van der Waals surface area contributed by atoms with Crippen molar-refractivity contribution in [3.8, 4) is 6.07 Å². The van der Waals surface area contributed by atoms with Gasteiger partial charge in [0.05, 0.1) is 17.7 Å². The summed E-state index contributed by atoms with van der Waals surface area (Å²) in [6.45, 7) is 1.86. The maximum atomic E-state index is 13.4. The molecule has 0 N–H and O–H groups in total. The fourth-order valence-electron chi connectivity index (χ4n) is 1.23. The van der Waals surface area contributed by atoms with E-state index in [4.69, 9.17) is 21.6 Å². The van der Waals surface area contributed by atoms with Crippen molar-refractivity contribution in [2.24, 2.45) is 0 Å². The Bertz CT molecular complexity index is 454. The molecule has 0 amide bonds. The van der Waals surface area contributed by atoms with Crippen molar-refractivity contribution >= 4 is 17.6 Å². The molecule has 16 heavy (non-hydrogen) atoms. The van der Waals surface area contributed by atoms with Gasteiger partial charge in [0.25, 0.3) is 0 Å². The van der Waals surface area contributed by atoms with Crippen LogP contribution in [0.4, 0.5) is 4.39 Å². The van der Waals surface area contributed by atoms with Crippen LogP contribution in [0.2, 0.25) is 0 Å². The van der Waals surface area contributed by atoms with Crippen molar-refractivity contribution in [1.29, 1.82) is 5.26 Å². The first-order valence-electron chi connectivity index (χ1n) is 4.59. The molecule has 0 saturated carbocycles. The summed E-state index contributed by atoms with van der Waals surface area (Å²) >= 11 is 5.57. The van der Waals surface area contributed by atoms with Crippen molar-refractivity contribution in [1.82, 2.24) is 0 Å². The van der Waals surface area contributed by atoms with Crippen molar-refractivity contribution < 1.29 is 13.9 Å². The van der Waals surface area contributed by atoms with Crippen LogP contribution in [0.25, 0.3) is 0 Å². The van der Waals surface area contributed by atoms with Crippen molar-refractivity contribution in [2.75, 3.05) is 6.61 Å². The second-order valence-electron chi connectivity index (χ2n) is 2.96. The topological polar surface area (TPSA) is 50.1 Å². The van der Waals surface area contributed by atoms with Crippen LogP contribution in [0.1, 0.15) is 28.4 Å². The molecule has 0 aliphatic heterocycles. The van der Waals surface area contributed by atoms with E-state index in [1.54, 1.807) is 13.0 Å². The summed E-state index contributed by atoms with van der Waals surface area (Å²) in [5.41, 5.74) is 0.212. The Labute approximate surface area is 97.4 Å². The molecule has 84 valence electrons. The zero-order valence-electron chi connectivity index (χ0n) is 8.59. The first-order valence-corrected chi connectivity index (χ1v) is 5.13. The number of hydrogen-bond acceptors (Lipinski definition) is 3. The second-order valence-corrected chi connectivity index (χ2v) is 3.23. The molecular weight excluding hydrogens is 233 g/mol. The molecular formula is C11H9ClFNO2. The largest absolute Gasteiger partial charge is 0.462 e. The molecule has 3 nitrogen and oxygen atoms in total. The molecule has 0 aliphatic carbocycles. The predicted molar refractivity (Wildman–Crippen MR) is 56.6 cm³/mol. The minimum Gasteiger partial charge on any atom is -0.462 e. The van der Waals surface area contributed by atoms with E-state index in [0.717, 1.165) is 6.07 Å². The van der Waals surface area contributed by atoms with Gasteiger partial charge < -0.3 is 4.74 Å². The minimum atomic E-state index is -0.760. The summed E-state index contributed by atoms with van der Waals surface area (Å²) in [5.74, 6) is -1.42. The molecule has 0 radical (unpaired) electrons. The van der Waals surface area contributed by atoms with E-state index >= 15 is 0 Å². The van der Waals surface area contributed by atoms with E-state index in [1.807, 2.05) is 0 Å². The molecule has 0 saturated heterocycles. The Balaban J connectivity index is 3.21. The van der Waals surface area contributed by atoms with E-state index in [2.05, 4.69) is 0 Å². The van der Waals surface area contributed by atoms with E-state index in [-0.39, 0.29) is 29.2 Å². The van der Waals surface area contributed by atoms with Crippen LogP contribution in [0.3, 0.4) is 0 Å². The van der Waals surface area contributed by atoms with Crippen LogP contribution in [0.5, 0.6) is 0 Å². The van der Waals surface area contributed by atoms with Crippen molar-refractivity contribution in [2.45, 2.75) is 12.8 Å². The Kier molecular flexibility index (Phi) is 4.27. The lowest BCUT2D eigenvalue weighted by atomic mass is 10.1. The van der Waals surface area contributed by atoms with Crippen LogP contribution in [-0.2, 0) is 10.6 Å². The summed E-state index contributed by atoms with van der Waals surface area (Å²) < 4.78 is 18.1. The highest BCUT2D eigenvalue weighted by atomic mass is 35.5. The Morgan fingerprint density at radius 1 is 1.62 bits per heavy atom. The quantitative estimate of drug-likeness (QED) is 0.604. The molecule has 0 bridgehead atoms. The Morgan fingerprint density at radius 3 is 2.81 bits per heavy atom. The summed E-state index contributed by atoms with van der Waals surface area (Å²) in [4.78, 5) is 11.3. The number of rotatable bonds is 3. The van der Waals surface area contributed by atoms with Gasteiger partial charge in [-0.3, -0.25) is 0 Å². The van der Waals surface area contributed by atoms with Crippen LogP contribution < -0.4 is 0 Å². The number of halogens is 2. The molecule has 0 unspecified atom stereocenters. The molecule has 0 aliphatic rings. The third kappa shape index (κ3) is 2.50. The highest BCUT2D eigenvalue weighted by Gasteiger charge is 2.14. The second kappa shape index (κ2) is 5.47. The van der Waals surface area contributed by atoms with Gasteiger partial charge in [-0.1, -0.05) is 0 Å². The van der Waals surface area contributed by atoms with Crippen molar-refractivity contribution in [3.63, 3.8) is 0 Å². The number of alkyl halides is 1. The van der Waals surface area contributed by atoms with E-state index < -0.39 is 11.8 Å². The number of esters is 1. The maximum absolute atomic E-state index is 13.4. The Hall–Kier alpha value is -1.60. The van der Waals surface area contributed by atoms with Crippen LogP contribution >= 0.6 is 11.6 Å². The number of carbonyl (C=O) groups excluding carboxylic acids is 1. The molecule has 0 fully saturated rings. The Morgan fingerprint density at radius 2 is 2.31 bits per heavy atom. The minimum absolute atomic E-state index is 0.0347. The zero-order chi connectivity index (χ0) is 12.1. The van der Waals surface area contributed by atoms with Gasteiger partial charge in [-0.15, -0.1) is 11.6 Å². The van der Waals surface area contributed by atoms with Gasteiger partial charge in [-0.2, -0.15) is 5.26 Å². The summed E-state index contributed by atoms with van der Waals surface area (Å²) in [5, 5.41) is 8.70. The lowest BCUT2D eigenvalue weighted by molar-refractivity contribution is 0.0525. The predicted octanol–water partition coefficient (Wildman–Crippen LogP) is 2.61. The van der Waals surface area contributed by atoms with Crippen LogP contribution in [0.15, 0.2) is 12.1 Å². The van der Waals surface area contributed by atoms with Gasteiger partial charge in [0.1, 0.15) is 11.9 Å². The molecule has 1 aromatic rings. The average Bonchev–Trinajstić information content (AvgIpc) is 2.28. The fourth-order valence-corrected chi connectivity index (χ4v) is 1.44. The van der Waals surface area contributed by atoms with Gasteiger partial charge in [0, 0.05) is 5.88 Å². The number of carbonyl (C=O) groups is 1. The molecule has 0 atom stereocenters. The smallest absolute Gasteiger partial charge is 0.338 e. The number of ether oxygens (including phenoxy) is 1. The maximum Gasteiger partial charge on any atom is 0.338 e. The number of nitrogens with zero attached hydrogens (tertiary/aromatic N) is 1. The first-order chi connectivity index (χ1) is 7.63. The van der Waals surface area contributed by atoms with Gasteiger partial charge in [-0.05, 0) is 24.6 Å². The van der Waals surface area contributed by atoms with Crippen LogP contribution in [0, 0.1) is 17.1 Å².